The number of rotatable bonds is 5. The average molecular weight is 344 g/mol. The van der Waals surface area contributed by atoms with Gasteiger partial charge in [-0.05, 0) is 42.7 Å². The zero-order valence-electron chi connectivity index (χ0n) is 16.3. The standard InChI is InChI=1S/C21H32N2O2/c1-15(2)19-10-6-9-17(4)21(19)23(18(5)24)13-11-20(25)22-12-7-8-16(3)14-22/h6,9-10,15-16H,7-8,11-14H2,1-5H3. The van der Waals surface area contributed by atoms with Crippen LogP contribution in [0.3, 0.4) is 0 Å². The van der Waals surface area contributed by atoms with Gasteiger partial charge in [0.05, 0.1) is 0 Å². The Balaban J connectivity index is 2.15. The SMILES string of the molecule is CC(=O)N(CCC(=O)N1CCCC(C)C1)c1c(C)cccc1C(C)C. The van der Waals surface area contributed by atoms with E-state index < -0.39 is 0 Å². The van der Waals surface area contributed by atoms with Gasteiger partial charge >= 0.3 is 0 Å². The molecule has 0 saturated carbocycles. The van der Waals surface area contributed by atoms with Crippen LogP contribution in [0.1, 0.15) is 64.0 Å². The first-order valence-corrected chi connectivity index (χ1v) is 9.46. The third-order valence-corrected chi connectivity index (χ3v) is 5.10. The van der Waals surface area contributed by atoms with Crippen LogP contribution in [0.15, 0.2) is 18.2 Å². The van der Waals surface area contributed by atoms with Crippen molar-refractivity contribution in [3.63, 3.8) is 0 Å². The van der Waals surface area contributed by atoms with E-state index in [0.717, 1.165) is 36.3 Å². The molecule has 0 radical (unpaired) electrons. The quantitative estimate of drug-likeness (QED) is 0.806. The second-order valence-corrected chi connectivity index (χ2v) is 7.68. The molecule has 1 aromatic rings. The Labute approximate surface area is 152 Å². The molecule has 25 heavy (non-hydrogen) atoms. The molecule has 0 aliphatic carbocycles. The number of hydrogen-bond donors (Lipinski definition) is 0. The number of piperidine rings is 1. The summed E-state index contributed by atoms with van der Waals surface area (Å²) in [5, 5.41) is 0. The van der Waals surface area contributed by atoms with Gasteiger partial charge in [0.2, 0.25) is 11.8 Å². The summed E-state index contributed by atoms with van der Waals surface area (Å²) in [6.45, 7) is 12.2. The molecule has 4 nitrogen and oxygen atoms in total. The molecule has 138 valence electrons. The Morgan fingerprint density at radius 1 is 1.32 bits per heavy atom. The highest BCUT2D eigenvalue weighted by Crippen LogP contribution is 2.31. The number of benzene rings is 1. The van der Waals surface area contributed by atoms with Gasteiger partial charge in [-0.25, -0.2) is 0 Å². The molecule has 1 atom stereocenters. The van der Waals surface area contributed by atoms with Crippen LogP contribution in [0.4, 0.5) is 5.69 Å². The minimum atomic E-state index is -0.00369. The molecule has 1 fully saturated rings. The van der Waals surface area contributed by atoms with Gasteiger partial charge in [0, 0.05) is 38.7 Å². The fourth-order valence-electron chi connectivity index (χ4n) is 3.72. The van der Waals surface area contributed by atoms with Crippen LogP contribution >= 0.6 is 0 Å². The summed E-state index contributed by atoms with van der Waals surface area (Å²) < 4.78 is 0. The monoisotopic (exact) mass is 344 g/mol. The summed E-state index contributed by atoms with van der Waals surface area (Å²) in [6, 6.07) is 6.15. The summed E-state index contributed by atoms with van der Waals surface area (Å²) in [5.74, 6) is 1.06. The minimum Gasteiger partial charge on any atom is -0.342 e. The molecule has 1 aliphatic heterocycles. The van der Waals surface area contributed by atoms with Crippen molar-refractivity contribution in [1.82, 2.24) is 4.90 Å². The van der Waals surface area contributed by atoms with E-state index in [4.69, 9.17) is 0 Å². The van der Waals surface area contributed by atoms with Crippen LogP contribution in [-0.4, -0.2) is 36.3 Å². The number of hydrogen-bond acceptors (Lipinski definition) is 2. The van der Waals surface area contributed by atoms with Crippen LogP contribution < -0.4 is 4.90 Å². The highest BCUT2D eigenvalue weighted by atomic mass is 16.2. The van der Waals surface area contributed by atoms with Crippen LogP contribution in [0, 0.1) is 12.8 Å². The van der Waals surface area contributed by atoms with Crippen molar-refractivity contribution in [1.29, 1.82) is 0 Å². The van der Waals surface area contributed by atoms with Gasteiger partial charge in [-0.3, -0.25) is 9.59 Å². The number of amides is 2. The Bertz CT molecular complexity index is 624. The topological polar surface area (TPSA) is 40.6 Å². The van der Waals surface area contributed by atoms with Crippen LogP contribution in [-0.2, 0) is 9.59 Å². The maximum absolute atomic E-state index is 12.6. The fraction of sp³-hybridized carbons (Fsp3) is 0.619. The zero-order valence-corrected chi connectivity index (χ0v) is 16.3. The Morgan fingerprint density at radius 3 is 2.64 bits per heavy atom. The molecule has 1 aliphatic rings. The van der Waals surface area contributed by atoms with E-state index in [9.17, 15) is 9.59 Å². The summed E-state index contributed by atoms with van der Waals surface area (Å²) >= 11 is 0. The Hall–Kier alpha value is -1.84. The van der Waals surface area contributed by atoms with Crippen LogP contribution in [0.2, 0.25) is 0 Å². The Morgan fingerprint density at radius 2 is 2.04 bits per heavy atom. The van der Waals surface area contributed by atoms with Gasteiger partial charge in [-0.1, -0.05) is 39.0 Å². The van der Waals surface area contributed by atoms with Gasteiger partial charge in [0.1, 0.15) is 0 Å². The second kappa shape index (κ2) is 8.50. The molecule has 0 bridgehead atoms. The van der Waals surface area contributed by atoms with E-state index in [1.54, 1.807) is 11.8 Å². The largest absolute Gasteiger partial charge is 0.342 e. The van der Waals surface area contributed by atoms with Crippen molar-refractivity contribution in [2.75, 3.05) is 24.5 Å². The maximum atomic E-state index is 12.6. The number of anilines is 1. The maximum Gasteiger partial charge on any atom is 0.224 e. The van der Waals surface area contributed by atoms with Crippen LogP contribution in [0.25, 0.3) is 0 Å². The molecule has 2 rings (SSSR count). The Kier molecular flexibility index (Phi) is 6.63. The highest BCUT2D eigenvalue weighted by Gasteiger charge is 2.24. The van der Waals surface area contributed by atoms with E-state index in [1.165, 1.54) is 6.42 Å². The van der Waals surface area contributed by atoms with E-state index >= 15 is 0 Å². The lowest BCUT2D eigenvalue weighted by atomic mass is 9.97. The smallest absolute Gasteiger partial charge is 0.224 e. The molecule has 0 N–H and O–H groups in total. The van der Waals surface area contributed by atoms with Gasteiger partial charge in [-0.2, -0.15) is 0 Å². The van der Waals surface area contributed by atoms with E-state index in [2.05, 4.69) is 26.8 Å². The molecule has 2 amide bonds. The van der Waals surface area contributed by atoms with Gasteiger partial charge in [0.15, 0.2) is 0 Å². The van der Waals surface area contributed by atoms with E-state index in [-0.39, 0.29) is 11.8 Å². The summed E-state index contributed by atoms with van der Waals surface area (Å²) in [7, 11) is 0. The summed E-state index contributed by atoms with van der Waals surface area (Å²) in [6.07, 6.45) is 2.67. The third-order valence-electron chi connectivity index (χ3n) is 5.10. The van der Waals surface area contributed by atoms with E-state index in [1.807, 2.05) is 24.0 Å². The molecule has 4 heteroatoms. The van der Waals surface area contributed by atoms with Gasteiger partial charge in [0.25, 0.3) is 0 Å². The van der Waals surface area contributed by atoms with Crippen molar-refractivity contribution in [2.45, 2.75) is 59.8 Å². The molecular weight excluding hydrogens is 312 g/mol. The number of para-hydroxylation sites is 1. The molecule has 1 aromatic carbocycles. The molecule has 1 heterocycles. The van der Waals surface area contributed by atoms with Crippen molar-refractivity contribution < 1.29 is 9.59 Å². The molecule has 1 unspecified atom stereocenters. The number of aryl methyl sites for hydroxylation is 1. The van der Waals surface area contributed by atoms with Crippen molar-refractivity contribution >= 4 is 17.5 Å². The summed E-state index contributed by atoms with van der Waals surface area (Å²) in [4.78, 5) is 28.7. The predicted molar refractivity (Wildman–Crippen MR) is 103 cm³/mol. The molecule has 0 spiro atoms. The second-order valence-electron chi connectivity index (χ2n) is 7.68. The number of carbonyl (C=O) groups excluding carboxylic acids is 2. The van der Waals surface area contributed by atoms with Crippen molar-refractivity contribution in [3.05, 3.63) is 29.3 Å². The van der Waals surface area contributed by atoms with Crippen molar-refractivity contribution in [2.24, 2.45) is 5.92 Å². The number of carbonyl (C=O) groups is 2. The van der Waals surface area contributed by atoms with E-state index in [0.29, 0.717) is 24.8 Å². The first-order valence-electron chi connectivity index (χ1n) is 9.46. The first-order chi connectivity index (χ1) is 11.8. The first kappa shape index (κ1) is 19.5. The molecular formula is C21H32N2O2. The van der Waals surface area contributed by atoms with Gasteiger partial charge < -0.3 is 9.80 Å². The van der Waals surface area contributed by atoms with Gasteiger partial charge in [-0.15, -0.1) is 0 Å². The average Bonchev–Trinajstić information content (AvgIpc) is 2.55. The normalized spacial score (nSPS) is 17.7. The lowest BCUT2D eigenvalue weighted by Crippen LogP contribution is -2.41. The highest BCUT2D eigenvalue weighted by molar-refractivity contribution is 5.94. The van der Waals surface area contributed by atoms with Crippen molar-refractivity contribution in [3.8, 4) is 0 Å². The number of likely N-dealkylation sites (tertiary alicyclic amines) is 1. The predicted octanol–water partition coefficient (Wildman–Crippen LogP) is 4.12. The summed E-state index contributed by atoms with van der Waals surface area (Å²) in [5.41, 5.74) is 3.22. The zero-order chi connectivity index (χ0) is 18.6. The molecule has 0 aromatic heterocycles. The lowest BCUT2D eigenvalue weighted by molar-refractivity contribution is -0.132. The fourth-order valence-corrected chi connectivity index (χ4v) is 3.72. The minimum absolute atomic E-state index is 0.00369. The van der Waals surface area contributed by atoms with Crippen LogP contribution in [0.5, 0.6) is 0 Å². The number of nitrogens with zero attached hydrogens (tertiary/aromatic N) is 2. The third kappa shape index (κ3) is 4.83. The lowest BCUT2D eigenvalue weighted by Gasteiger charge is -2.32. The molecule has 1 saturated heterocycles.